The van der Waals surface area contributed by atoms with Gasteiger partial charge < -0.3 is 5.73 Å². The smallest absolute Gasteiger partial charge is 0.128 e. The second-order valence-electron chi connectivity index (χ2n) is 4.56. The highest BCUT2D eigenvalue weighted by molar-refractivity contribution is 7.09. The van der Waals surface area contributed by atoms with Gasteiger partial charge in [0.05, 0.1) is 6.04 Å². The zero-order valence-corrected chi connectivity index (χ0v) is 12.2. The number of benzene rings is 1. The number of nitrogens with two attached hydrogens (primary N) is 1. The maximum Gasteiger partial charge on any atom is 0.128 e. The number of likely N-dealkylation sites (N-methyl/N-ethyl adjacent to an activating group) is 1. The molecule has 0 saturated carbocycles. The molecule has 1 aromatic carbocycles. The topological polar surface area (TPSA) is 29.3 Å². The third-order valence-electron chi connectivity index (χ3n) is 3.33. The molecule has 1 unspecified atom stereocenters. The molecule has 1 heterocycles. The molecule has 2 rings (SSSR count). The van der Waals surface area contributed by atoms with Crippen LogP contribution in [-0.2, 0) is 6.54 Å². The van der Waals surface area contributed by atoms with Crippen molar-refractivity contribution in [2.24, 2.45) is 5.73 Å². The monoisotopic (exact) mass is 296 g/mol. The van der Waals surface area contributed by atoms with Gasteiger partial charge in [0.25, 0.3) is 0 Å². The molecule has 2 nitrogen and oxygen atoms in total. The van der Waals surface area contributed by atoms with Crippen LogP contribution in [0.5, 0.6) is 0 Å². The van der Waals surface area contributed by atoms with E-state index in [9.17, 15) is 8.78 Å². The summed E-state index contributed by atoms with van der Waals surface area (Å²) in [5.74, 6) is -0.849. The number of hydrogen-bond acceptors (Lipinski definition) is 3. The Morgan fingerprint density at radius 3 is 2.70 bits per heavy atom. The van der Waals surface area contributed by atoms with Crippen LogP contribution in [0.4, 0.5) is 8.78 Å². The highest BCUT2D eigenvalue weighted by Gasteiger charge is 2.22. The molecule has 1 atom stereocenters. The Hall–Kier alpha value is -1.30. The minimum atomic E-state index is -0.438. The van der Waals surface area contributed by atoms with Crippen LogP contribution >= 0.6 is 11.3 Å². The van der Waals surface area contributed by atoms with E-state index in [1.54, 1.807) is 11.3 Å². The molecule has 0 fully saturated rings. The maximum atomic E-state index is 13.9. The molecule has 0 radical (unpaired) electrons. The fourth-order valence-electron chi connectivity index (χ4n) is 2.29. The number of rotatable bonds is 6. The molecule has 0 bridgehead atoms. The van der Waals surface area contributed by atoms with E-state index >= 15 is 0 Å². The lowest BCUT2D eigenvalue weighted by atomic mass is 10.0. The largest absolute Gasteiger partial charge is 0.329 e. The van der Waals surface area contributed by atoms with Crippen molar-refractivity contribution in [1.82, 2.24) is 4.90 Å². The molecule has 1 aromatic heterocycles. The summed E-state index contributed by atoms with van der Waals surface area (Å²) in [6, 6.07) is 7.22. The average molecular weight is 296 g/mol. The van der Waals surface area contributed by atoms with E-state index in [1.807, 2.05) is 24.4 Å². The third-order valence-corrected chi connectivity index (χ3v) is 4.19. The molecule has 5 heteroatoms. The first-order chi connectivity index (χ1) is 9.65. The van der Waals surface area contributed by atoms with Crippen LogP contribution in [0, 0.1) is 11.6 Å². The van der Waals surface area contributed by atoms with Gasteiger partial charge in [0.1, 0.15) is 11.6 Å². The Morgan fingerprint density at radius 1 is 1.30 bits per heavy atom. The first kappa shape index (κ1) is 15.1. The lowest BCUT2D eigenvalue weighted by Gasteiger charge is -2.30. The normalized spacial score (nSPS) is 12.8. The predicted octanol–water partition coefficient (Wildman–Crippen LogP) is 3.55. The van der Waals surface area contributed by atoms with Crippen LogP contribution in [0.1, 0.15) is 23.4 Å². The number of hydrogen-bond donors (Lipinski definition) is 1. The lowest BCUT2D eigenvalue weighted by molar-refractivity contribution is 0.201. The van der Waals surface area contributed by atoms with Gasteiger partial charge in [0, 0.05) is 23.5 Å². The quantitative estimate of drug-likeness (QED) is 0.883. The molecule has 0 saturated heterocycles. The van der Waals surface area contributed by atoms with Crippen molar-refractivity contribution in [2.45, 2.75) is 19.5 Å². The van der Waals surface area contributed by atoms with Crippen LogP contribution < -0.4 is 5.73 Å². The molecule has 2 aromatic rings. The van der Waals surface area contributed by atoms with Gasteiger partial charge in [-0.1, -0.05) is 13.0 Å². The molecular formula is C15H18F2N2S. The molecule has 108 valence electrons. The van der Waals surface area contributed by atoms with Crippen molar-refractivity contribution in [2.75, 3.05) is 13.1 Å². The molecule has 20 heavy (non-hydrogen) atoms. The van der Waals surface area contributed by atoms with Crippen molar-refractivity contribution in [3.63, 3.8) is 0 Å². The highest BCUT2D eigenvalue weighted by Crippen LogP contribution is 2.26. The first-order valence-corrected chi connectivity index (χ1v) is 7.45. The fourth-order valence-corrected chi connectivity index (χ4v) is 3.02. The van der Waals surface area contributed by atoms with Crippen LogP contribution in [0.3, 0.4) is 0 Å². The Labute approximate surface area is 121 Å². The summed E-state index contributed by atoms with van der Waals surface area (Å²) in [7, 11) is 0. The Balaban J connectivity index is 2.26. The van der Waals surface area contributed by atoms with Crippen molar-refractivity contribution in [3.05, 3.63) is 57.8 Å². The summed E-state index contributed by atoms with van der Waals surface area (Å²) in [6.07, 6.45) is 0. The highest BCUT2D eigenvalue weighted by atomic mass is 32.1. The Morgan fingerprint density at radius 2 is 2.10 bits per heavy atom. The SMILES string of the molecule is CCN(Cc1cccs1)C(CN)c1cc(F)ccc1F. The summed E-state index contributed by atoms with van der Waals surface area (Å²) >= 11 is 1.65. The maximum absolute atomic E-state index is 13.9. The summed E-state index contributed by atoms with van der Waals surface area (Å²) in [5, 5.41) is 2.00. The van der Waals surface area contributed by atoms with Crippen LogP contribution in [0.25, 0.3) is 0 Å². The van der Waals surface area contributed by atoms with E-state index in [4.69, 9.17) is 5.73 Å². The second kappa shape index (κ2) is 6.92. The number of nitrogens with zero attached hydrogens (tertiary/aromatic N) is 1. The molecule has 0 spiro atoms. The van der Waals surface area contributed by atoms with Gasteiger partial charge in [-0.3, -0.25) is 4.90 Å². The van der Waals surface area contributed by atoms with Gasteiger partial charge in [0.2, 0.25) is 0 Å². The molecule has 0 amide bonds. The third kappa shape index (κ3) is 3.42. The first-order valence-electron chi connectivity index (χ1n) is 6.57. The standard InChI is InChI=1S/C15H18F2N2S/c1-2-19(10-12-4-3-7-20-12)15(9-18)13-8-11(16)5-6-14(13)17/h3-8,15H,2,9-10,18H2,1H3. The van der Waals surface area contributed by atoms with Crippen LogP contribution in [0.15, 0.2) is 35.7 Å². The van der Waals surface area contributed by atoms with Crippen LogP contribution in [0.2, 0.25) is 0 Å². The van der Waals surface area contributed by atoms with Crippen molar-refractivity contribution < 1.29 is 8.78 Å². The van der Waals surface area contributed by atoms with Gasteiger partial charge in [-0.15, -0.1) is 11.3 Å². The van der Waals surface area contributed by atoms with Crippen molar-refractivity contribution >= 4 is 11.3 Å². The van der Waals surface area contributed by atoms with E-state index in [1.165, 1.54) is 10.9 Å². The van der Waals surface area contributed by atoms with Gasteiger partial charge in [0.15, 0.2) is 0 Å². The Kier molecular flexibility index (Phi) is 5.23. The van der Waals surface area contributed by atoms with Crippen molar-refractivity contribution in [1.29, 1.82) is 0 Å². The minimum absolute atomic E-state index is 0.250. The van der Waals surface area contributed by atoms with Gasteiger partial charge in [-0.25, -0.2) is 8.78 Å². The number of halogens is 2. The van der Waals surface area contributed by atoms with Gasteiger partial charge in [-0.05, 0) is 36.2 Å². The lowest BCUT2D eigenvalue weighted by Crippen LogP contribution is -2.33. The predicted molar refractivity (Wildman–Crippen MR) is 78.6 cm³/mol. The van der Waals surface area contributed by atoms with Crippen molar-refractivity contribution in [3.8, 4) is 0 Å². The summed E-state index contributed by atoms with van der Waals surface area (Å²) < 4.78 is 27.3. The number of thiophene rings is 1. The summed E-state index contributed by atoms with van der Waals surface area (Å²) in [5.41, 5.74) is 6.13. The van der Waals surface area contributed by atoms with Crippen LogP contribution in [-0.4, -0.2) is 18.0 Å². The van der Waals surface area contributed by atoms with E-state index in [-0.39, 0.29) is 12.6 Å². The zero-order valence-electron chi connectivity index (χ0n) is 11.4. The zero-order chi connectivity index (χ0) is 14.5. The molecule has 0 aliphatic carbocycles. The average Bonchev–Trinajstić information content (AvgIpc) is 2.95. The second-order valence-corrected chi connectivity index (χ2v) is 5.59. The van der Waals surface area contributed by atoms with E-state index in [2.05, 4.69) is 4.90 Å². The minimum Gasteiger partial charge on any atom is -0.329 e. The van der Waals surface area contributed by atoms with Gasteiger partial charge >= 0.3 is 0 Å². The fraction of sp³-hybridized carbons (Fsp3) is 0.333. The van der Waals surface area contributed by atoms with E-state index in [0.29, 0.717) is 12.1 Å². The van der Waals surface area contributed by atoms with E-state index in [0.717, 1.165) is 18.7 Å². The van der Waals surface area contributed by atoms with E-state index < -0.39 is 11.6 Å². The molecule has 0 aliphatic rings. The summed E-state index contributed by atoms with van der Waals surface area (Å²) in [4.78, 5) is 3.24. The summed E-state index contributed by atoms with van der Waals surface area (Å²) in [6.45, 7) is 3.65. The molecule has 2 N–H and O–H groups in total. The molecular weight excluding hydrogens is 278 g/mol. The Bertz CT molecular complexity index is 543. The molecule has 0 aliphatic heterocycles. The van der Waals surface area contributed by atoms with Gasteiger partial charge in [-0.2, -0.15) is 0 Å².